The van der Waals surface area contributed by atoms with Crippen LogP contribution in [0.2, 0.25) is 5.02 Å². The van der Waals surface area contributed by atoms with E-state index < -0.39 is 16.8 Å². The molecule has 0 radical (unpaired) electrons. The van der Waals surface area contributed by atoms with Gasteiger partial charge in [-0.1, -0.05) is 11.6 Å². The minimum Gasteiger partial charge on any atom is -0.438 e. The van der Waals surface area contributed by atoms with Crippen molar-refractivity contribution < 1.29 is 8.81 Å². The van der Waals surface area contributed by atoms with Crippen LogP contribution in [0.4, 0.5) is 4.39 Å². The highest BCUT2D eigenvalue weighted by atomic mass is 35.5. The van der Waals surface area contributed by atoms with Crippen LogP contribution in [-0.4, -0.2) is 10.5 Å². The number of rotatable bonds is 2. The third-order valence-corrected chi connectivity index (χ3v) is 3.84. The molecule has 0 aliphatic carbocycles. The lowest BCUT2D eigenvalue weighted by Gasteiger charge is -2.35. The van der Waals surface area contributed by atoms with E-state index in [1.807, 2.05) is 27.7 Å². The molecule has 0 aliphatic heterocycles. The second kappa shape index (κ2) is 3.93. The summed E-state index contributed by atoms with van der Waals surface area (Å²) < 4.78 is 18.9. The zero-order chi connectivity index (χ0) is 13.7. The Morgan fingerprint density at radius 3 is 2.44 bits per heavy atom. The summed E-state index contributed by atoms with van der Waals surface area (Å²) in [7, 11) is 0. The summed E-state index contributed by atoms with van der Waals surface area (Å²) >= 11 is 5.93. The Hall–Kier alpha value is -1.13. The number of nitrogens with two attached hydrogens (primary N) is 1. The SMILES string of the molecule is CC(C)(N)C(C)(C)c1nc2cc(F)cc(Cl)c2o1. The molecule has 2 N–H and O–H groups in total. The van der Waals surface area contributed by atoms with Gasteiger partial charge in [-0.2, -0.15) is 0 Å². The minimum atomic E-state index is -0.529. The van der Waals surface area contributed by atoms with Gasteiger partial charge in [-0.3, -0.25) is 0 Å². The van der Waals surface area contributed by atoms with Crippen LogP contribution in [0.5, 0.6) is 0 Å². The summed E-state index contributed by atoms with van der Waals surface area (Å²) in [5, 5.41) is 0.217. The van der Waals surface area contributed by atoms with Gasteiger partial charge in [0.15, 0.2) is 5.58 Å². The monoisotopic (exact) mass is 270 g/mol. The van der Waals surface area contributed by atoms with E-state index in [2.05, 4.69) is 4.98 Å². The standard InChI is InChI=1S/C13H16ClFN2O/c1-12(2,13(3,4)16)11-17-9-6-7(15)5-8(14)10(9)18-11/h5-6H,16H2,1-4H3. The Morgan fingerprint density at radius 2 is 1.89 bits per heavy atom. The predicted octanol–water partition coefficient (Wildman–Crippen LogP) is 3.64. The zero-order valence-electron chi connectivity index (χ0n) is 10.8. The smallest absolute Gasteiger partial charge is 0.203 e. The average molecular weight is 271 g/mol. The molecule has 2 rings (SSSR count). The van der Waals surface area contributed by atoms with E-state index in [1.54, 1.807) is 0 Å². The van der Waals surface area contributed by atoms with Crippen LogP contribution < -0.4 is 5.73 Å². The van der Waals surface area contributed by atoms with Crippen LogP contribution in [-0.2, 0) is 5.41 Å². The highest BCUT2D eigenvalue weighted by molar-refractivity contribution is 6.34. The van der Waals surface area contributed by atoms with Gasteiger partial charge in [0.05, 0.1) is 10.4 Å². The molecule has 0 saturated carbocycles. The fourth-order valence-electron chi connectivity index (χ4n) is 1.50. The van der Waals surface area contributed by atoms with Crippen LogP contribution in [0.3, 0.4) is 0 Å². The van der Waals surface area contributed by atoms with Gasteiger partial charge in [-0.05, 0) is 33.8 Å². The number of hydrogen-bond donors (Lipinski definition) is 1. The van der Waals surface area contributed by atoms with Gasteiger partial charge in [0.1, 0.15) is 11.3 Å². The molecular formula is C13H16ClFN2O. The molecule has 1 aromatic carbocycles. The van der Waals surface area contributed by atoms with Gasteiger partial charge in [0, 0.05) is 11.6 Å². The van der Waals surface area contributed by atoms with Gasteiger partial charge in [-0.15, -0.1) is 0 Å². The molecule has 0 unspecified atom stereocenters. The van der Waals surface area contributed by atoms with Crippen molar-refractivity contribution in [2.24, 2.45) is 5.73 Å². The first-order chi connectivity index (χ1) is 8.13. The molecule has 2 aromatic rings. The Bertz CT molecular complexity index is 599. The highest BCUT2D eigenvalue weighted by Gasteiger charge is 2.39. The predicted molar refractivity (Wildman–Crippen MR) is 70.3 cm³/mol. The molecule has 5 heteroatoms. The molecule has 0 atom stereocenters. The van der Waals surface area contributed by atoms with E-state index in [0.29, 0.717) is 17.0 Å². The maximum absolute atomic E-state index is 13.2. The van der Waals surface area contributed by atoms with Crippen LogP contribution in [0.25, 0.3) is 11.1 Å². The van der Waals surface area contributed by atoms with Crippen molar-refractivity contribution in [1.82, 2.24) is 4.98 Å². The second-order valence-corrected chi connectivity index (χ2v) is 6.01. The molecule has 0 amide bonds. The molecule has 0 saturated heterocycles. The number of aromatic nitrogens is 1. The number of oxazole rings is 1. The van der Waals surface area contributed by atoms with Gasteiger partial charge >= 0.3 is 0 Å². The van der Waals surface area contributed by atoms with E-state index in [4.69, 9.17) is 21.8 Å². The maximum Gasteiger partial charge on any atom is 0.203 e. The number of fused-ring (bicyclic) bond motifs is 1. The quantitative estimate of drug-likeness (QED) is 0.906. The first-order valence-electron chi connectivity index (χ1n) is 5.68. The summed E-state index contributed by atoms with van der Waals surface area (Å²) in [4.78, 5) is 4.30. The molecular weight excluding hydrogens is 255 g/mol. The number of benzene rings is 1. The fraction of sp³-hybridized carbons (Fsp3) is 0.462. The first kappa shape index (κ1) is 13.3. The van der Waals surface area contributed by atoms with Crippen molar-refractivity contribution in [3.05, 3.63) is 28.9 Å². The van der Waals surface area contributed by atoms with Crippen molar-refractivity contribution in [2.75, 3.05) is 0 Å². The first-order valence-corrected chi connectivity index (χ1v) is 6.05. The van der Waals surface area contributed by atoms with E-state index in [1.165, 1.54) is 12.1 Å². The average Bonchev–Trinajstić information content (AvgIpc) is 2.59. The largest absolute Gasteiger partial charge is 0.438 e. The van der Waals surface area contributed by atoms with Crippen molar-refractivity contribution in [2.45, 2.75) is 38.6 Å². The van der Waals surface area contributed by atoms with Gasteiger partial charge in [-0.25, -0.2) is 9.37 Å². The molecule has 98 valence electrons. The molecule has 0 bridgehead atoms. The zero-order valence-corrected chi connectivity index (χ0v) is 11.6. The van der Waals surface area contributed by atoms with E-state index in [9.17, 15) is 4.39 Å². The fourth-order valence-corrected chi connectivity index (χ4v) is 1.74. The Labute approximate surface area is 110 Å². The second-order valence-electron chi connectivity index (χ2n) is 5.60. The van der Waals surface area contributed by atoms with E-state index in [-0.39, 0.29) is 5.02 Å². The third kappa shape index (κ3) is 1.99. The van der Waals surface area contributed by atoms with Gasteiger partial charge < -0.3 is 10.2 Å². The lowest BCUT2D eigenvalue weighted by Crippen LogP contribution is -2.50. The summed E-state index contributed by atoms with van der Waals surface area (Å²) in [6.07, 6.45) is 0. The topological polar surface area (TPSA) is 52.0 Å². The summed E-state index contributed by atoms with van der Waals surface area (Å²) in [5.74, 6) is 0.0228. The number of nitrogens with zero attached hydrogens (tertiary/aromatic N) is 1. The summed E-state index contributed by atoms with van der Waals surface area (Å²) in [5.41, 5.74) is 5.91. The third-order valence-electron chi connectivity index (χ3n) is 3.56. The highest BCUT2D eigenvalue weighted by Crippen LogP contribution is 2.36. The summed E-state index contributed by atoms with van der Waals surface area (Å²) in [6, 6.07) is 2.51. The van der Waals surface area contributed by atoms with Crippen molar-refractivity contribution in [1.29, 1.82) is 0 Å². The molecule has 1 aromatic heterocycles. The molecule has 3 nitrogen and oxygen atoms in total. The van der Waals surface area contributed by atoms with Crippen molar-refractivity contribution in [3.63, 3.8) is 0 Å². The van der Waals surface area contributed by atoms with E-state index in [0.717, 1.165) is 0 Å². The van der Waals surface area contributed by atoms with Crippen LogP contribution in [0.15, 0.2) is 16.5 Å². The molecule has 0 aliphatic rings. The van der Waals surface area contributed by atoms with Crippen molar-refractivity contribution >= 4 is 22.7 Å². The van der Waals surface area contributed by atoms with Gasteiger partial charge in [0.25, 0.3) is 0 Å². The Kier molecular flexibility index (Phi) is 2.91. The molecule has 0 spiro atoms. The minimum absolute atomic E-state index is 0.217. The normalized spacial score (nSPS) is 13.3. The van der Waals surface area contributed by atoms with Crippen LogP contribution in [0.1, 0.15) is 33.6 Å². The summed E-state index contributed by atoms with van der Waals surface area (Å²) in [6.45, 7) is 7.65. The van der Waals surface area contributed by atoms with Crippen LogP contribution in [0, 0.1) is 5.82 Å². The van der Waals surface area contributed by atoms with Gasteiger partial charge in [0.2, 0.25) is 5.89 Å². The number of halogens is 2. The lowest BCUT2D eigenvalue weighted by atomic mass is 9.75. The Morgan fingerprint density at radius 1 is 1.28 bits per heavy atom. The van der Waals surface area contributed by atoms with Crippen LogP contribution >= 0.6 is 11.6 Å². The lowest BCUT2D eigenvalue weighted by molar-refractivity contribution is 0.251. The van der Waals surface area contributed by atoms with E-state index >= 15 is 0 Å². The van der Waals surface area contributed by atoms with Crippen molar-refractivity contribution in [3.8, 4) is 0 Å². The number of hydrogen-bond acceptors (Lipinski definition) is 3. The molecule has 1 heterocycles. The Balaban J connectivity index is 2.65. The molecule has 0 fully saturated rings. The molecule has 18 heavy (non-hydrogen) atoms. The maximum atomic E-state index is 13.2.